The summed E-state index contributed by atoms with van der Waals surface area (Å²) in [5.41, 5.74) is 1.52. The molecular weight excluding hydrogens is 222 g/mol. The van der Waals surface area contributed by atoms with Crippen LogP contribution in [0.4, 0.5) is 5.69 Å². The van der Waals surface area contributed by atoms with Crippen LogP contribution in [0.25, 0.3) is 0 Å². The largest absolute Gasteiger partial charge is 0.489 e. The van der Waals surface area contributed by atoms with Crippen LogP contribution in [0, 0.1) is 24.0 Å². The fourth-order valence-electron chi connectivity index (χ4n) is 1.86. The minimum atomic E-state index is -0.423. The van der Waals surface area contributed by atoms with Crippen molar-refractivity contribution in [1.29, 1.82) is 0 Å². The Morgan fingerprint density at radius 3 is 2.47 bits per heavy atom. The van der Waals surface area contributed by atoms with E-state index in [4.69, 9.17) is 4.74 Å². The maximum atomic E-state index is 10.8. The second kappa shape index (κ2) is 4.16. The molecule has 1 aliphatic rings. The SMILES string of the molecule is Cc1cc(C)c([N+](=O)[O-])cc1OC1CC(=O)C1. The number of nitrogens with zero attached hydrogens (tertiary/aromatic N) is 1. The molecule has 5 heteroatoms. The van der Waals surface area contributed by atoms with E-state index in [2.05, 4.69) is 0 Å². The summed E-state index contributed by atoms with van der Waals surface area (Å²) in [6, 6.07) is 3.17. The zero-order chi connectivity index (χ0) is 12.6. The van der Waals surface area contributed by atoms with Crippen molar-refractivity contribution in [2.45, 2.75) is 32.8 Å². The molecular formula is C12H13NO4. The first-order chi connectivity index (χ1) is 7.97. The predicted octanol–water partition coefficient (Wildman–Crippen LogP) is 2.32. The Bertz CT molecular complexity index is 488. The molecule has 5 nitrogen and oxygen atoms in total. The van der Waals surface area contributed by atoms with Crippen molar-refractivity contribution in [3.8, 4) is 5.75 Å². The summed E-state index contributed by atoms with van der Waals surface area (Å²) in [7, 11) is 0. The van der Waals surface area contributed by atoms with E-state index in [1.807, 2.05) is 6.92 Å². The third-order valence-corrected chi connectivity index (χ3v) is 2.89. The molecule has 17 heavy (non-hydrogen) atoms. The molecule has 90 valence electrons. The van der Waals surface area contributed by atoms with Gasteiger partial charge in [-0.3, -0.25) is 14.9 Å². The molecule has 0 saturated heterocycles. The number of ketones is 1. The molecule has 2 rings (SSSR count). The smallest absolute Gasteiger partial charge is 0.276 e. The average molecular weight is 235 g/mol. The van der Waals surface area contributed by atoms with Gasteiger partial charge in [-0.05, 0) is 25.5 Å². The summed E-state index contributed by atoms with van der Waals surface area (Å²) in [5.74, 6) is 0.675. The maximum absolute atomic E-state index is 10.8. The highest BCUT2D eigenvalue weighted by atomic mass is 16.6. The molecule has 1 aliphatic carbocycles. The average Bonchev–Trinajstić information content (AvgIpc) is 2.18. The Balaban J connectivity index is 2.24. The third-order valence-electron chi connectivity index (χ3n) is 2.89. The molecule has 0 aromatic heterocycles. The van der Waals surface area contributed by atoms with Gasteiger partial charge in [0, 0.05) is 18.4 Å². The van der Waals surface area contributed by atoms with Crippen molar-refractivity contribution in [2.24, 2.45) is 0 Å². The van der Waals surface area contributed by atoms with Crippen LogP contribution < -0.4 is 4.74 Å². The molecule has 0 atom stereocenters. The molecule has 1 saturated carbocycles. The van der Waals surface area contributed by atoms with E-state index in [0.717, 1.165) is 5.56 Å². The number of ether oxygens (including phenoxy) is 1. The van der Waals surface area contributed by atoms with E-state index < -0.39 is 4.92 Å². The topological polar surface area (TPSA) is 69.4 Å². The number of aryl methyl sites for hydroxylation is 2. The predicted molar refractivity (Wildman–Crippen MR) is 61.2 cm³/mol. The highest BCUT2D eigenvalue weighted by Gasteiger charge is 2.29. The number of nitro groups is 1. The van der Waals surface area contributed by atoms with Gasteiger partial charge < -0.3 is 4.74 Å². The lowest BCUT2D eigenvalue weighted by molar-refractivity contribution is -0.385. The lowest BCUT2D eigenvalue weighted by Gasteiger charge is -2.26. The van der Waals surface area contributed by atoms with E-state index in [0.29, 0.717) is 24.2 Å². The molecule has 0 radical (unpaired) electrons. The van der Waals surface area contributed by atoms with Crippen LogP contribution in [-0.2, 0) is 4.79 Å². The first-order valence-electron chi connectivity index (χ1n) is 5.41. The second-order valence-corrected chi connectivity index (χ2v) is 4.35. The molecule has 0 unspecified atom stereocenters. The maximum Gasteiger partial charge on any atom is 0.276 e. The quantitative estimate of drug-likeness (QED) is 0.595. The number of benzene rings is 1. The number of hydrogen-bond acceptors (Lipinski definition) is 4. The first kappa shape index (κ1) is 11.6. The van der Waals surface area contributed by atoms with Crippen molar-refractivity contribution in [3.05, 3.63) is 33.4 Å². The number of Topliss-reactive ketones (excluding diaryl/α,β-unsaturated/α-hetero) is 1. The monoisotopic (exact) mass is 235 g/mol. The molecule has 0 heterocycles. The highest BCUT2D eigenvalue weighted by molar-refractivity contribution is 5.85. The van der Waals surface area contributed by atoms with Gasteiger partial charge in [0.05, 0.1) is 11.0 Å². The van der Waals surface area contributed by atoms with E-state index >= 15 is 0 Å². The van der Waals surface area contributed by atoms with Gasteiger partial charge in [-0.15, -0.1) is 0 Å². The van der Waals surface area contributed by atoms with E-state index in [9.17, 15) is 14.9 Å². The number of hydrogen-bond donors (Lipinski definition) is 0. The second-order valence-electron chi connectivity index (χ2n) is 4.35. The standard InChI is InChI=1S/C12H13NO4/c1-7-3-8(2)12(6-11(7)13(15)16)17-10-4-9(14)5-10/h3,6,10H,4-5H2,1-2H3. The summed E-state index contributed by atoms with van der Waals surface area (Å²) in [6.07, 6.45) is 0.686. The lowest BCUT2D eigenvalue weighted by atomic mass is 9.94. The molecule has 0 amide bonds. The summed E-state index contributed by atoms with van der Waals surface area (Å²) in [5, 5.41) is 10.8. The Hall–Kier alpha value is -1.91. The van der Waals surface area contributed by atoms with Gasteiger partial charge in [0.25, 0.3) is 5.69 Å². The zero-order valence-electron chi connectivity index (χ0n) is 9.73. The van der Waals surface area contributed by atoms with Crippen LogP contribution in [0.1, 0.15) is 24.0 Å². The Kier molecular flexibility index (Phi) is 2.83. The van der Waals surface area contributed by atoms with Gasteiger partial charge in [0.1, 0.15) is 17.6 Å². The van der Waals surface area contributed by atoms with Crippen LogP contribution in [-0.4, -0.2) is 16.8 Å². The van der Waals surface area contributed by atoms with Crippen molar-refractivity contribution in [1.82, 2.24) is 0 Å². The number of carbonyl (C=O) groups excluding carboxylic acids is 1. The van der Waals surface area contributed by atoms with Gasteiger partial charge in [-0.25, -0.2) is 0 Å². The normalized spacial score (nSPS) is 15.5. The Morgan fingerprint density at radius 1 is 1.29 bits per heavy atom. The van der Waals surface area contributed by atoms with Gasteiger partial charge in [0.2, 0.25) is 0 Å². The number of rotatable bonds is 3. The van der Waals surface area contributed by atoms with Gasteiger partial charge in [-0.2, -0.15) is 0 Å². The Morgan fingerprint density at radius 2 is 1.94 bits per heavy atom. The summed E-state index contributed by atoms with van der Waals surface area (Å²) < 4.78 is 5.57. The fourth-order valence-corrected chi connectivity index (χ4v) is 1.86. The zero-order valence-corrected chi connectivity index (χ0v) is 9.73. The molecule has 0 aliphatic heterocycles. The van der Waals surface area contributed by atoms with E-state index in [1.165, 1.54) is 6.07 Å². The Labute approximate surface area is 98.5 Å². The van der Waals surface area contributed by atoms with Crippen molar-refractivity contribution >= 4 is 11.5 Å². The molecule has 1 fully saturated rings. The fraction of sp³-hybridized carbons (Fsp3) is 0.417. The van der Waals surface area contributed by atoms with Gasteiger partial charge in [0.15, 0.2) is 0 Å². The van der Waals surface area contributed by atoms with Crippen LogP contribution in [0.15, 0.2) is 12.1 Å². The van der Waals surface area contributed by atoms with Crippen LogP contribution >= 0.6 is 0 Å². The number of nitro benzene ring substituents is 1. The summed E-state index contributed by atoms with van der Waals surface area (Å²) in [4.78, 5) is 21.2. The minimum absolute atomic E-state index is 0.0521. The first-order valence-corrected chi connectivity index (χ1v) is 5.41. The third kappa shape index (κ3) is 2.27. The highest BCUT2D eigenvalue weighted by Crippen LogP contribution is 2.31. The van der Waals surface area contributed by atoms with Gasteiger partial charge in [-0.1, -0.05) is 0 Å². The lowest BCUT2D eigenvalue weighted by Crippen LogP contribution is -2.33. The molecule has 0 spiro atoms. The number of carbonyl (C=O) groups is 1. The van der Waals surface area contributed by atoms with Crippen molar-refractivity contribution in [3.63, 3.8) is 0 Å². The van der Waals surface area contributed by atoms with Crippen molar-refractivity contribution < 1.29 is 14.5 Å². The van der Waals surface area contributed by atoms with Crippen LogP contribution in [0.3, 0.4) is 0 Å². The molecule has 1 aromatic carbocycles. The van der Waals surface area contributed by atoms with E-state index in [-0.39, 0.29) is 17.6 Å². The molecule has 0 bridgehead atoms. The summed E-state index contributed by atoms with van der Waals surface area (Å²) >= 11 is 0. The van der Waals surface area contributed by atoms with E-state index in [1.54, 1.807) is 13.0 Å². The van der Waals surface area contributed by atoms with Crippen LogP contribution in [0.5, 0.6) is 5.75 Å². The van der Waals surface area contributed by atoms with Crippen molar-refractivity contribution in [2.75, 3.05) is 0 Å². The molecule has 1 aromatic rings. The molecule has 0 N–H and O–H groups in total. The van der Waals surface area contributed by atoms with Gasteiger partial charge >= 0.3 is 0 Å². The summed E-state index contributed by atoms with van der Waals surface area (Å²) in [6.45, 7) is 3.54. The van der Waals surface area contributed by atoms with Crippen LogP contribution in [0.2, 0.25) is 0 Å². The minimum Gasteiger partial charge on any atom is -0.489 e.